The largest absolute Gasteiger partial charge is 0.316 e. The van der Waals surface area contributed by atoms with Gasteiger partial charge in [0, 0.05) is 19.1 Å². The van der Waals surface area contributed by atoms with E-state index in [4.69, 9.17) is 0 Å². The summed E-state index contributed by atoms with van der Waals surface area (Å²) in [6.07, 6.45) is 7.04. The van der Waals surface area contributed by atoms with E-state index >= 15 is 0 Å². The van der Waals surface area contributed by atoms with Crippen LogP contribution in [0.25, 0.3) is 0 Å². The SMILES string of the molecule is CC1(CN2CCC(N3CCCC3)CC2)CCNC1. The first kappa shape index (κ1) is 12.9. The van der Waals surface area contributed by atoms with Gasteiger partial charge in [-0.3, -0.25) is 0 Å². The fourth-order valence-corrected chi connectivity index (χ4v) is 4.09. The van der Waals surface area contributed by atoms with Gasteiger partial charge in [0.15, 0.2) is 0 Å². The summed E-state index contributed by atoms with van der Waals surface area (Å²) in [6.45, 7) is 11.6. The number of rotatable bonds is 3. The lowest BCUT2D eigenvalue weighted by Crippen LogP contribution is -2.47. The highest BCUT2D eigenvalue weighted by Gasteiger charge is 2.33. The van der Waals surface area contributed by atoms with E-state index in [1.807, 2.05) is 0 Å². The molecule has 18 heavy (non-hydrogen) atoms. The van der Waals surface area contributed by atoms with Gasteiger partial charge in [-0.2, -0.15) is 0 Å². The summed E-state index contributed by atoms with van der Waals surface area (Å²) < 4.78 is 0. The molecule has 3 heterocycles. The summed E-state index contributed by atoms with van der Waals surface area (Å²) in [5.41, 5.74) is 0.542. The minimum absolute atomic E-state index is 0.542. The monoisotopic (exact) mass is 251 g/mol. The highest BCUT2D eigenvalue weighted by atomic mass is 15.2. The average molecular weight is 251 g/mol. The van der Waals surface area contributed by atoms with Crippen LogP contribution in [0.4, 0.5) is 0 Å². The van der Waals surface area contributed by atoms with Crippen LogP contribution in [0.15, 0.2) is 0 Å². The van der Waals surface area contributed by atoms with E-state index in [2.05, 4.69) is 22.0 Å². The lowest BCUT2D eigenvalue weighted by Gasteiger charge is -2.39. The molecule has 0 bridgehead atoms. The van der Waals surface area contributed by atoms with Crippen LogP contribution in [0.2, 0.25) is 0 Å². The molecular weight excluding hydrogens is 222 g/mol. The molecule has 0 amide bonds. The molecule has 3 rings (SSSR count). The number of nitrogens with zero attached hydrogens (tertiary/aromatic N) is 2. The van der Waals surface area contributed by atoms with Gasteiger partial charge in [-0.15, -0.1) is 0 Å². The van der Waals surface area contributed by atoms with Crippen molar-refractivity contribution in [3.05, 3.63) is 0 Å². The normalized spacial score (nSPS) is 36.5. The fraction of sp³-hybridized carbons (Fsp3) is 1.00. The molecular formula is C15H29N3. The molecule has 3 fully saturated rings. The summed E-state index contributed by atoms with van der Waals surface area (Å²) in [5, 5.41) is 3.52. The van der Waals surface area contributed by atoms with Crippen molar-refractivity contribution >= 4 is 0 Å². The molecule has 0 spiro atoms. The Morgan fingerprint density at radius 2 is 1.83 bits per heavy atom. The quantitative estimate of drug-likeness (QED) is 0.821. The number of nitrogens with one attached hydrogen (secondary N) is 1. The predicted octanol–water partition coefficient (Wildman–Crippen LogP) is 1.55. The highest BCUT2D eigenvalue weighted by molar-refractivity contribution is 4.89. The van der Waals surface area contributed by atoms with Crippen LogP contribution >= 0.6 is 0 Å². The van der Waals surface area contributed by atoms with Crippen molar-refractivity contribution < 1.29 is 0 Å². The zero-order chi connectivity index (χ0) is 12.4. The van der Waals surface area contributed by atoms with Gasteiger partial charge in [-0.1, -0.05) is 6.92 Å². The summed E-state index contributed by atoms with van der Waals surface area (Å²) >= 11 is 0. The second kappa shape index (κ2) is 5.48. The van der Waals surface area contributed by atoms with Crippen molar-refractivity contribution in [3.63, 3.8) is 0 Å². The maximum Gasteiger partial charge on any atom is 0.0120 e. The molecule has 0 radical (unpaired) electrons. The van der Waals surface area contributed by atoms with Crippen molar-refractivity contribution in [2.45, 2.75) is 45.1 Å². The van der Waals surface area contributed by atoms with Crippen LogP contribution in [-0.4, -0.2) is 61.7 Å². The minimum atomic E-state index is 0.542. The Labute approximate surface area is 112 Å². The van der Waals surface area contributed by atoms with Gasteiger partial charge in [0.05, 0.1) is 0 Å². The van der Waals surface area contributed by atoms with Crippen LogP contribution in [0.3, 0.4) is 0 Å². The second-order valence-corrected chi connectivity index (χ2v) is 6.99. The Morgan fingerprint density at radius 3 is 2.44 bits per heavy atom. The van der Waals surface area contributed by atoms with Crippen molar-refractivity contribution in [1.29, 1.82) is 0 Å². The maximum atomic E-state index is 3.52. The highest BCUT2D eigenvalue weighted by Crippen LogP contribution is 2.28. The molecule has 0 aromatic heterocycles. The van der Waals surface area contributed by atoms with E-state index < -0.39 is 0 Å². The Hall–Kier alpha value is -0.120. The number of likely N-dealkylation sites (tertiary alicyclic amines) is 2. The molecule has 0 aromatic rings. The van der Waals surface area contributed by atoms with E-state index in [9.17, 15) is 0 Å². The molecule has 3 aliphatic heterocycles. The van der Waals surface area contributed by atoms with Crippen LogP contribution in [0, 0.1) is 5.41 Å². The van der Waals surface area contributed by atoms with Crippen molar-refractivity contribution in [1.82, 2.24) is 15.1 Å². The summed E-state index contributed by atoms with van der Waals surface area (Å²) in [7, 11) is 0. The van der Waals surface area contributed by atoms with Crippen LogP contribution in [0.1, 0.15) is 39.0 Å². The lowest BCUT2D eigenvalue weighted by molar-refractivity contribution is 0.0970. The average Bonchev–Trinajstić information content (AvgIpc) is 3.02. The van der Waals surface area contributed by atoms with E-state index in [0.717, 1.165) is 6.04 Å². The molecule has 1 N–H and O–H groups in total. The van der Waals surface area contributed by atoms with E-state index in [-0.39, 0.29) is 0 Å². The smallest absolute Gasteiger partial charge is 0.0120 e. The second-order valence-electron chi connectivity index (χ2n) is 6.99. The Morgan fingerprint density at radius 1 is 1.11 bits per heavy atom. The third-order valence-electron chi connectivity index (χ3n) is 5.28. The summed E-state index contributed by atoms with van der Waals surface area (Å²) in [5.74, 6) is 0. The van der Waals surface area contributed by atoms with Gasteiger partial charge in [-0.05, 0) is 70.2 Å². The number of hydrogen-bond acceptors (Lipinski definition) is 3. The zero-order valence-corrected chi connectivity index (χ0v) is 12.0. The van der Waals surface area contributed by atoms with Gasteiger partial charge in [0.2, 0.25) is 0 Å². The summed E-state index contributed by atoms with van der Waals surface area (Å²) in [6, 6.07) is 0.901. The van der Waals surface area contributed by atoms with Crippen LogP contribution < -0.4 is 5.32 Å². The topological polar surface area (TPSA) is 18.5 Å². The van der Waals surface area contributed by atoms with E-state index in [0.29, 0.717) is 5.41 Å². The molecule has 1 atom stereocenters. The first-order chi connectivity index (χ1) is 8.75. The summed E-state index contributed by atoms with van der Waals surface area (Å²) in [4.78, 5) is 5.47. The van der Waals surface area contributed by atoms with Crippen molar-refractivity contribution in [2.75, 3.05) is 45.8 Å². The van der Waals surface area contributed by atoms with Gasteiger partial charge in [0.1, 0.15) is 0 Å². The molecule has 104 valence electrons. The molecule has 0 aliphatic carbocycles. The van der Waals surface area contributed by atoms with Crippen molar-refractivity contribution in [2.24, 2.45) is 5.41 Å². The maximum absolute atomic E-state index is 3.52. The standard InChI is InChI=1S/C15H29N3/c1-15(6-7-16-12-15)13-17-10-4-14(5-11-17)18-8-2-3-9-18/h14,16H,2-13H2,1H3. The molecule has 1 unspecified atom stereocenters. The van der Waals surface area contributed by atoms with Crippen LogP contribution in [0.5, 0.6) is 0 Å². The zero-order valence-electron chi connectivity index (χ0n) is 12.0. The van der Waals surface area contributed by atoms with Crippen molar-refractivity contribution in [3.8, 4) is 0 Å². The molecule has 3 saturated heterocycles. The fourth-order valence-electron chi connectivity index (χ4n) is 4.09. The van der Waals surface area contributed by atoms with Crippen LogP contribution in [-0.2, 0) is 0 Å². The predicted molar refractivity (Wildman–Crippen MR) is 75.9 cm³/mol. The third-order valence-corrected chi connectivity index (χ3v) is 5.28. The molecule has 3 nitrogen and oxygen atoms in total. The first-order valence-electron chi connectivity index (χ1n) is 7.92. The van der Waals surface area contributed by atoms with Gasteiger partial charge < -0.3 is 15.1 Å². The number of hydrogen-bond donors (Lipinski definition) is 1. The number of piperidine rings is 1. The Kier molecular flexibility index (Phi) is 3.92. The Bertz CT molecular complexity index is 259. The van der Waals surface area contributed by atoms with Gasteiger partial charge in [-0.25, -0.2) is 0 Å². The van der Waals surface area contributed by atoms with Gasteiger partial charge in [0.25, 0.3) is 0 Å². The van der Waals surface area contributed by atoms with E-state index in [1.165, 1.54) is 77.9 Å². The molecule has 0 saturated carbocycles. The first-order valence-corrected chi connectivity index (χ1v) is 7.92. The lowest BCUT2D eigenvalue weighted by atomic mass is 9.88. The molecule has 3 heteroatoms. The third kappa shape index (κ3) is 2.89. The van der Waals surface area contributed by atoms with E-state index in [1.54, 1.807) is 0 Å². The molecule has 0 aromatic carbocycles. The molecule has 3 aliphatic rings. The van der Waals surface area contributed by atoms with Gasteiger partial charge >= 0.3 is 0 Å². The minimum Gasteiger partial charge on any atom is -0.316 e. The Balaban J connectivity index is 1.45.